The molecule has 0 spiro atoms. The van der Waals surface area contributed by atoms with E-state index in [9.17, 15) is 4.39 Å². The molecule has 0 saturated carbocycles. The summed E-state index contributed by atoms with van der Waals surface area (Å²) in [5, 5.41) is 3.25. The van der Waals surface area contributed by atoms with Gasteiger partial charge in [0.05, 0.1) is 6.10 Å². The molecular weight excluding hydrogens is 297 g/mol. The van der Waals surface area contributed by atoms with Crippen LogP contribution in [-0.4, -0.2) is 19.8 Å². The number of halogens is 2. The Hall–Kier alpha value is -0.450. The van der Waals surface area contributed by atoms with Crippen LogP contribution in [0, 0.1) is 11.7 Å². The summed E-state index contributed by atoms with van der Waals surface area (Å²) >= 11 is 3.41. The monoisotopic (exact) mass is 315 g/mol. The van der Waals surface area contributed by atoms with Gasteiger partial charge >= 0.3 is 0 Å². The predicted octanol–water partition coefficient (Wildman–Crippen LogP) is 3.66. The van der Waals surface area contributed by atoms with Crippen molar-refractivity contribution in [1.29, 1.82) is 0 Å². The second-order valence-electron chi connectivity index (χ2n) is 4.70. The highest BCUT2D eigenvalue weighted by Gasteiger charge is 2.34. The molecular formula is C14H19BrFNO. The van der Waals surface area contributed by atoms with Crippen LogP contribution in [0.2, 0.25) is 0 Å². The van der Waals surface area contributed by atoms with Crippen LogP contribution in [0.5, 0.6) is 0 Å². The molecule has 1 fully saturated rings. The first kappa shape index (κ1) is 14.0. The Morgan fingerprint density at radius 1 is 1.56 bits per heavy atom. The average Bonchev–Trinajstić information content (AvgIpc) is 2.83. The van der Waals surface area contributed by atoms with E-state index in [0.29, 0.717) is 5.92 Å². The van der Waals surface area contributed by atoms with Crippen molar-refractivity contribution in [2.45, 2.75) is 31.9 Å². The van der Waals surface area contributed by atoms with Gasteiger partial charge in [-0.2, -0.15) is 0 Å². The average molecular weight is 316 g/mol. The SMILES string of the molecule is CCC1OCCC1C(NC)c1cc(Br)ccc1F. The van der Waals surface area contributed by atoms with E-state index in [2.05, 4.69) is 28.2 Å². The zero-order chi connectivity index (χ0) is 13.1. The molecule has 0 bridgehead atoms. The number of nitrogens with one attached hydrogen (secondary N) is 1. The summed E-state index contributed by atoms with van der Waals surface area (Å²) < 4.78 is 20.6. The summed E-state index contributed by atoms with van der Waals surface area (Å²) in [6.07, 6.45) is 2.18. The number of benzene rings is 1. The normalized spacial score (nSPS) is 25.3. The van der Waals surface area contributed by atoms with Gasteiger partial charge in [0, 0.05) is 28.6 Å². The molecule has 100 valence electrons. The minimum atomic E-state index is -0.153. The molecule has 4 heteroatoms. The van der Waals surface area contributed by atoms with Gasteiger partial charge in [-0.15, -0.1) is 0 Å². The molecule has 1 N–H and O–H groups in total. The summed E-state index contributed by atoms with van der Waals surface area (Å²) in [6.45, 7) is 2.89. The number of ether oxygens (including phenoxy) is 1. The maximum absolute atomic E-state index is 14.0. The van der Waals surface area contributed by atoms with Crippen LogP contribution in [0.4, 0.5) is 4.39 Å². The van der Waals surface area contributed by atoms with Gasteiger partial charge in [0.1, 0.15) is 5.82 Å². The van der Waals surface area contributed by atoms with Gasteiger partial charge in [-0.1, -0.05) is 22.9 Å². The molecule has 2 nitrogen and oxygen atoms in total. The summed E-state index contributed by atoms with van der Waals surface area (Å²) in [5.74, 6) is 0.183. The Bertz CT molecular complexity index is 413. The van der Waals surface area contributed by atoms with E-state index in [1.807, 2.05) is 13.1 Å². The fourth-order valence-corrected chi connectivity index (χ4v) is 3.20. The highest BCUT2D eigenvalue weighted by Crippen LogP contribution is 2.36. The zero-order valence-corrected chi connectivity index (χ0v) is 12.3. The van der Waals surface area contributed by atoms with Gasteiger partial charge in [-0.25, -0.2) is 4.39 Å². The Balaban J connectivity index is 2.30. The molecule has 0 aliphatic carbocycles. The van der Waals surface area contributed by atoms with Gasteiger partial charge in [-0.05, 0) is 38.1 Å². The van der Waals surface area contributed by atoms with Gasteiger partial charge in [0.2, 0.25) is 0 Å². The van der Waals surface area contributed by atoms with Crippen molar-refractivity contribution < 1.29 is 9.13 Å². The largest absolute Gasteiger partial charge is 0.378 e. The van der Waals surface area contributed by atoms with Crippen LogP contribution in [0.15, 0.2) is 22.7 Å². The lowest BCUT2D eigenvalue weighted by Crippen LogP contribution is -2.31. The molecule has 1 heterocycles. The van der Waals surface area contributed by atoms with Crippen LogP contribution in [0.3, 0.4) is 0 Å². The van der Waals surface area contributed by atoms with Crippen molar-refractivity contribution in [3.05, 3.63) is 34.1 Å². The number of rotatable bonds is 4. The molecule has 3 atom stereocenters. The third-order valence-corrected chi connectivity index (χ3v) is 4.19. The Morgan fingerprint density at radius 3 is 3.00 bits per heavy atom. The molecule has 1 aliphatic rings. The third-order valence-electron chi connectivity index (χ3n) is 3.70. The topological polar surface area (TPSA) is 21.3 Å². The Kier molecular flexibility index (Phi) is 4.76. The zero-order valence-electron chi connectivity index (χ0n) is 10.7. The highest BCUT2D eigenvalue weighted by molar-refractivity contribution is 9.10. The smallest absolute Gasteiger partial charge is 0.128 e. The van der Waals surface area contributed by atoms with Crippen molar-refractivity contribution in [3.63, 3.8) is 0 Å². The summed E-state index contributed by atoms with van der Waals surface area (Å²) in [6, 6.07) is 5.12. The molecule has 1 saturated heterocycles. The predicted molar refractivity (Wildman–Crippen MR) is 74.0 cm³/mol. The molecule has 1 aliphatic heterocycles. The maximum atomic E-state index is 14.0. The fraction of sp³-hybridized carbons (Fsp3) is 0.571. The van der Waals surface area contributed by atoms with Gasteiger partial charge < -0.3 is 10.1 Å². The van der Waals surface area contributed by atoms with E-state index in [4.69, 9.17) is 4.74 Å². The van der Waals surface area contributed by atoms with Crippen LogP contribution in [0.1, 0.15) is 31.4 Å². The molecule has 0 aromatic heterocycles. The molecule has 3 unspecified atom stereocenters. The molecule has 18 heavy (non-hydrogen) atoms. The standard InChI is InChI=1S/C14H19BrFNO/c1-3-13-10(6-7-18-13)14(17-2)11-8-9(15)4-5-12(11)16/h4-5,8,10,13-14,17H,3,6-7H2,1-2H3. The van der Waals surface area contributed by atoms with Crippen LogP contribution in [-0.2, 0) is 4.74 Å². The van der Waals surface area contributed by atoms with E-state index in [0.717, 1.165) is 29.5 Å². The summed E-state index contributed by atoms with van der Waals surface area (Å²) in [5.41, 5.74) is 0.723. The molecule has 2 rings (SSSR count). The van der Waals surface area contributed by atoms with Gasteiger partial charge in [-0.3, -0.25) is 0 Å². The van der Waals surface area contributed by atoms with Gasteiger partial charge in [0.15, 0.2) is 0 Å². The maximum Gasteiger partial charge on any atom is 0.128 e. The van der Waals surface area contributed by atoms with Crippen molar-refractivity contribution in [3.8, 4) is 0 Å². The second-order valence-corrected chi connectivity index (χ2v) is 5.62. The summed E-state index contributed by atoms with van der Waals surface area (Å²) in [4.78, 5) is 0. The molecule has 1 aromatic carbocycles. The van der Waals surface area contributed by atoms with Crippen molar-refractivity contribution in [2.24, 2.45) is 5.92 Å². The minimum absolute atomic E-state index is 0.00921. The third kappa shape index (κ3) is 2.76. The van der Waals surface area contributed by atoms with Crippen molar-refractivity contribution in [2.75, 3.05) is 13.7 Å². The first-order chi connectivity index (χ1) is 8.67. The van der Waals surface area contributed by atoms with E-state index >= 15 is 0 Å². The highest BCUT2D eigenvalue weighted by atomic mass is 79.9. The lowest BCUT2D eigenvalue weighted by molar-refractivity contribution is 0.0779. The molecule has 0 radical (unpaired) electrons. The molecule has 0 amide bonds. The lowest BCUT2D eigenvalue weighted by atomic mass is 9.86. The van der Waals surface area contributed by atoms with E-state index in [1.54, 1.807) is 6.07 Å². The van der Waals surface area contributed by atoms with Gasteiger partial charge in [0.25, 0.3) is 0 Å². The minimum Gasteiger partial charge on any atom is -0.378 e. The van der Waals surface area contributed by atoms with Crippen LogP contribution < -0.4 is 5.32 Å². The Labute approximate surface area is 116 Å². The first-order valence-corrected chi connectivity index (χ1v) is 7.20. The van der Waals surface area contributed by atoms with Crippen LogP contribution in [0.25, 0.3) is 0 Å². The van der Waals surface area contributed by atoms with E-state index < -0.39 is 0 Å². The first-order valence-electron chi connectivity index (χ1n) is 6.41. The van der Waals surface area contributed by atoms with E-state index in [1.165, 1.54) is 6.07 Å². The van der Waals surface area contributed by atoms with E-state index in [-0.39, 0.29) is 18.0 Å². The number of hydrogen-bond donors (Lipinski definition) is 1. The van der Waals surface area contributed by atoms with Crippen molar-refractivity contribution >= 4 is 15.9 Å². The summed E-state index contributed by atoms with van der Waals surface area (Å²) in [7, 11) is 1.88. The van der Waals surface area contributed by atoms with Crippen LogP contribution >= 0.6 is 15.9 Å². The Morgan fingerprint density at radius 2 is 2.33 bits per heavy atom. The van der Waals surface area contributed by atoms with Crippen molar-refractivity contribution in [1.82, 2.24) is 5.32 Å². The number of hydrogen-bond acceptors (Lipinski definition) is 2. The fourth-order valence-electron chi connectivity index (χ4n) is 2.82. The quantitative estimate of drug-likeness (QED) is 0.915. The lowest BCUT2D eigenvalue weighted by Gasteiger charge is -2.27. The second kappa shape index (κ2) is 6.13. The molecule has 1 aromatic rings.